The minimum atomic E-state index is -0.278. The number of amides is 2. The first kappa shape index (κ1) is 21.5. The van der Waals surface area contributed by atoms with E-state index in [0.29, 0.717) is 30.3 Å². The number of hydrogen-bond donors (Lipinski definition) is 1. The molecule has 0 unspecified atom stereocenters. The fourth-order valence-corrected chi connectivity index (χ4v) is 4.01. The van der Waals surface area contributed by atoms with Gasteiger partial charge in [0.25, 0.3) is 0 Å². The first-order valence-electron chi connectivity index (χ1n) is 9.44. The number of halogens is 2. The minimum absolute atomic E-state index is 0.0149. The Balaban J connectivity index is 1.33. The lowest BCUT2D eigenvalue weighted by Crippen LogP contribution is -2.51. The molecule has 2 aromatic carbocycles. The number of carbonyl (C=O) groups excluding carboxylic acids is 2. The molecule has 1 aliphatic rings. The van der Waals surface area contributed by atoms with Crippen molar-refractivity contribution in [2.75, 3.05) is 43.4 Å². The molecule has 1 heterocycles. The summed E-state index contributed by atoms with van der Waals surface area (Å²) >= 11 is 7.41. The summed E-state index contributed by atoms with van der Waals surface area (Å²) in [6.07, 6.45) is 0.305. The standard InChI is InChI=1S/C21H23ClFN3O2S/c22-16-1-5-18(6-2-16)25-10-12-26(13-11-25)21(28)15-24-20(27)9-14-29-19-7-3-17(23)4-8-19/h1-8H,9-15H2,(H,24,27). The molecule has 3 rings (SSSR count). The Bertz CT molecular complexity index is 825. The molecule has 0 aliphatic carbocycles. The second-order valence-corrected chi connectivity index (χ2v) is 8.28. The van der Waals surface area contributed by atoms with Gasteiger partial charge < -0.3 is 15.1 Å². The summed E-state index contributed by atoms with van der Waals surface area (Å²) in [5.41, 5.74) is 1.09. The van der Waals surface area contributed by atoms with Crippen molar-refractivity contribution >= 4 is 40.9 Å². The van der Waals surface area contributed by atoms with E-state index >= 15 is 0 Å². The number of carbonyl (C=O) groups is 2. The number of benzene rings is 2. The molecule has 0 saturated carbocycles. The molecule has 154 valence electrons. The summed E-state index contributed by atoms with van der Waals surface area (Å²) in [5, 5.41) is 3.40. The van der Waals surface area contributed by atoms with E-state index in [4.69, 9.17) is 11.6 Å². The summed E-state index contributed by atoms with van der Waals surface area (Å²) in [7, 11) is 0. The molecule has 0 spiro atoms. The van der Waals surface area contributed by atoms with Crippen molar-refractivity contribution in [1.29, 1.82) is 0 Å². The molecule has 2 amide bonds. The number of rotatable bonds is 7. The largest absolute Gasteiger partial charge is 0.368 e. The Morgan fingerprint density at radius 1 is 1.00 bits per heavy atom. The third kappa shape index (κ3) is 6.65. The number of hydrogen-bond acceptors (Lipinski definition) is 4. The van der Waals surface area contributed by atoms with Crippen LogP contribution in [0.5, 0.6) is 0 Å². The fraction of sp³-hybridized carbons (Fsp3) is 0.333. The SMILES string of the molecule is O=C(CCSc1ccc(F)cc1)NCC(=O)N1CCN(c2ccc(Cl)cc2)CC1. The van der Waals surface area contributed by atoms with Gasteiger partial charge in [-0.1, -0.05) is 11.6 Å². The monoisotopic (exact) mass is 435 g/mol. The van der Waals surface area contributed by atoms with Gasteiger partial charge in [-0.05, 0) is 48.5 Å². The topological polar surface area (TPSA) is 52.7 Å². The zero-order valence-electron chi connectivity index (χ0n) is 15.9. The van der Waals surface area contributed by atoms with Crippen LogP contribution in [0.15, 0.2) is 53.4 Å². The third-order valence-electron chi connectivity index (χ3n) is 4.67. The number of nitrogens with one attached hydrogen (secondary N) is 1. The lowest BCUT2D eigenvalue weighted by atomic mass is 10.2. The van der Waals surface area contributed by atoms with E-state index < -0.39 is 0 Å². The first-order valence-corrected chi connectivity index (χ1v) is 10.8. The maximum atomic E-state index is 12.9. The van der Waals surface area contributed by atoms with Crippen molar-refractivity contribution in [2.45, 2.75) is 11.3 Å². The molecule has 1 saturated heterocycles. The summed E-state index contributed by atoms with van der Waals surface area (Å²) in [5.74, 6) is 0.0680. The van der Waals surface area contributed by atoms with Gasteiger partial charge in [-0.3, -0.25) is 9.59 Å². The Morgan fingerprint density at radius 3 is 2.31 bits per heavy atom. The highest BCUT2D eigenvalue weighted by molar-refractivity contribution is 7.99. The number of thioether (sulfide) groups is 1. The predicted octanol–water partition coefficient (Wildman–Crippen LogP) is 3.43. The molecule has 5 nitrogen and oxygen atoms in total. The zero-order chi connectivity index (χ0) is 20.6. The van der Waals surface area contributed by atoms with Crippen LogP contribution < -0.4 is 10.2 Å². The molecule has 2 aromatic rings. The van der Waals surface area contributed by atoms with Crippen molar-refractivity contribution in [3.63, 3.8) is 0 Å². The van der Waals surface area contributed by atoms with Crippen molar-refractivity contribution in [3.8, 4) is 0 Å². The minimum Gasteiger partial charge on any atom is -0.368 e. The van der Waals surface area contributed by atoms with Gasteiger partial charge in [-0.2, -0.15) is 0 Å². The van der Waals surface area contributed by atoms with Gasteiger partial charge in [0.15, 0.2) is 0 Å². The average Bonchev–Trinajstić information content (AvgIpc) is 2.74. The van der Waals surface area contributed by atoms with Gasteiger partial charge in [0.2, 0.25) is 11.8 Å². The second-order valence-electron chi connectivity index (χ2n) is 6.67. The highest BCUT2D eigenvalue weighted by Crippen LogP contribution is 2.20. The normalized spacial score (nSPS) is 14.0. The van der Waals surface area contributed by atoms with Gasteiger partial charge in [0, 0.05) is 54.0 Å². The van der Waals surface area contributed by atoms with E-state index in [0.717, 1.165) is 23.7 Å². The van der Waals surface area contributed by atoms with Crippen LogP contribution in [0.2, 0.25) is 5.02 Å². The second kappa shape index (κ2) is 10.5. The lowest BCUT2D eigenvalue weighted by Gasteiger charge is -2.36. The van der Waals surface area contributed by atoms with Gasteiger partial charge in [-0.25, -0.2) is 4.39 Å². The molecule has 29 heavy (non-hydrogen) atoms. The van der Waals surface area contributed by atoms with E-state index in [1.165, 1.54) is 23.9 Å². The fourth-order valence-electron chi connectivity index (χ4n) is 3.03. The van der Waals surface area contributed by atoms with E-state index in [9.17, 15) is 14.0 Å². The van der Waals surface area contributed by atoms with Crippen molar-refractivity contribution in [3.05, 3.63) is 59.4 Å². The molecule has 0 aromatic heterocycles. The number of anilines is 1. The highest BCUT2D eigenvalue weighted by atomic mass is 35.5. The lowest BCUT2D eigenvalue weighted by molar-refractivity contribution is -0.133. The van der Waals surface area contributed by atoms with Crippen LogP contribution in [0.1, 0.15) is 6.42 Å². The van der Waals surface area contributed by atoms with Crippen LogP contribution in [0.4, 0.5) is 10.1 Å². The predicted molar refractivity (Wildman–Crippen MR) is 115 cm³/mol. The van der Waals surface area contributed by atoms with E-state index in [2.05, 4.69) is 10.2 Å². The van der Waals surface area contributed by atoms with Crippen LogP contribution in [0.25, 0.3) is 0 Å². The number of nitrogens with zero attached hydrogens (tertiary/aromatic N) is 2. The molecular weight excluding hydrogens is 413 g/mol. The maximum Gasteiger partial charge on any atom is 0.242 e. The van der Waals surface area contributed by atoms with Crippen LogP contribution in [-0.2, 0) is 9.59 Å². The first-order chi connectivity index (χ1) is 14.0. The molecule has 0 atom stereocenters. The van der Waals surface area contributed by atoms with Crippen LogP contribution >= 0.6 is 23.4 Å². The van der Waals surface area contributed by atoms with Crippen LogP contribution in [0.3, 0.4) is 0 Å². The number of piperazine rings is 1. The van der Waals surface area contributed by atoms with E-state index in [1.807, 2.05) is 24.3 Å². The highest BCUT2D eigenvalue weighted by Gasteiger charge is 2.21. The Labute approximate surface area is 179 Å². The molecule has 1 aliphatic heterocycles. The van der Waals surface area contributed by atoms with Crippen molar-refractivity contribution in [1.82, 2.24) is 10.2 Å². The maximum absolute atomic E-state index is 12.9. The van der Waals surface area contributed by atoms with Crippen molar-refractivity contribution < 1.29 is 14.0 Å². The quantitative estimate of drug-likeness (QED) is 0.677. The van der Waals surface area contributed by atoms with Crippen LogP contribution in [-0.4, -0.2) is 55.2 Å². The third-order valence-corrected chi connectivity index (χ3v) is 5.94. The Kier molecular flexibility index (Phi) is 7.77. The Hall–Kier alpha value is -2.25. The van der Waals surface area contributed by atoms with E-state index in [1.54, 1.807) is 17.0 Å². The molecular formula is C21H23ClFN3O2S. The molecule has 1 fully saturated rings. The zero-order valence-corrected chi connectivity index (χ0v) is 17.5. The summed E-state index contributed by atoms with van der Waals surface area (Å²) in [6, 6.07) is 13.8. The van der Waals surface area contributed by atoms with Gasteiger partial charge in [0.1, 0.15) is 5.82 Å². The molecule has 8 heteroatoms. The summed E-state index contributed by atoms with van der Waals surface area (Å²) < 4.78 is 12.9. The average molecular weight is 436 g/mol. The summed E-state index contributed by atoms with van der Waals surface area (Å²) in [4.78, 5) is 29.2. The molecule has 1 N–H and O–H groups in total. The van der Waals surface area contributed by atoms with Crippen molar-refractivity contribution in [2.24, 2.45) is 0 Å². The molecule has 0 bridgehead atoms. The Morgan fingerprint density at radius 2 is 1.66 bits per heavy atom. The van der Waals surface area contributed by atoms with E-state index in [-0.39, 0.29) is 24.2 Å². The van der Waals surface area contributed by atoms with Gasteiger partial charge >= 0.3 is 0 Å². The smallest absolute Gasteiger partial charge is 0.242 e. The summed E-state index contributed by atoms with van der Waals surface area (Å²) in [6.45, 7) is 2.75. The van der Waals surface area contributed by atoms with Gasteiger partial charge in [-0.15, -0.1) is 11.8 Å². The van der Waals surface area contributed by atoms with Crippen LogP contribution in [0, 0.1) is 5.82 Å². The molecule has 0 radical (unpaired) electrons. The van der Waals surface area contributed by atoms with Gasteiger partial charge in [0.05, 0.1) is 6.54 Å².